The number of aliphatic imine (C=N–C) groups is 1. The number of hydrogen-bond donors (Lipinski definition) is 2. The molecule has 2 aromatic heterocycles. The van der Waals surface area contributed by atoms with Crippen LogP contribution >= 0.6 is 11.6 Å². The van der Waals surface area contributed by atoms with E-state index in [-0.39, 0.29) is 10.6 Å². The van der Waals surface area contributed by atoms with Crippen LogP contribution in [0, 0.1) is 0 Å². The van der Waals surface area contributed by atoms with Gasteiger partial charge in [0, 0.05) is 30.7 Å². The van der Waals surface area contributed by atoms with Gasteiger partial charge in [0.15, 0.2) is 0 Å². The summed E-state index contributed by atoms with van der Waals surface area (Å²) in [4.78, 5) is 21.4. The molecule has 2 rings (SSSR count). The van der Waals surface area contributed by atoms with Gasteiger partial charge in [-0.25, -0.2) is 4.98 Å². The normalized spacial score (nSPS) is 12.1. The highest BCUT2D eigenvalue weighted by atomic mass is 35.5. The predicted octanol–water partition coefficient (Wildman–Crippen LogP) is 2.54. The van der Waals surface area contributed by atoms with E-state index in [0.29, 0.717) is 12.4 Å². The minimum atomic E-state index is -5.09. The van der Waals surface area contributed by atoms with Crippen LogP contribution in [0.4, 0.5) is 19.0 Å². The number of rotatable bonds is 4. The number of alkyl halides is 3. The van der Waals surface area contributed by atoms with Crippen molar-refractivity contribution in [2.75, 3.05) is 5.32 Å². The monoisotopic (exact) mass is 357 g/mol. The molecule has 2 heterocycles. The second kappa shape index (κ2) is 7.26. The van der Waals surface area contributed by atoms with Crippen molar-refractivity contribution in [3.63, 3.8) is 0 Å². The molecule has 0 aliphatic heterocycles. The molecule has 6 nitrogen and oxygen atoms in total. The number of carbonyl (C=O) groups is 1. The highest BCUT2D eigenvalue weighted by Crippen LogP contribution is 2.21. The van der Waals surface area contributed by atoms with E-state index < -0.39 is 17.9 Å². The molecule has 0 unspecified atom stereocenters. The number of amidine groups is 1. The molecule has 0 aliphatic carbocycles. The number of hydrogen-bond acceptors (Lipinski definition) is 4. The summed E-state index contributed by atoms with van der Waals surface area (Å²) in [5.41, 5.74) is 6.32. The van der Waals surface area contributed by atoms with Crippen LogP contribution in [-0.4, -0.2) is 27.9 Å². The Morgan fingerprint density at radius 2 is 2.00 bits per heavy atom. The molecule has 10 heteroatoms. The zero-order valence-corrected chi connectivity index (χ0v) is 12.8. The van der Waals surface area contributed by atoms with E-state index in [1.807, 2.05) is 0 Å². The van der Waals surface area contributed by atoms with Gasteiger partial charge in [0.1, 0.15) is 11.7 Å². The second-order valence-electron chi connectivity index (χ2n) is 4.56. The SMILES string of the molecule is NC(=NC(=O)C(F)(F)F)c1cnc(NCc2ccncc2)c(Cl)c1. The van der Waals surface area contributed by atoms with Gasteiger partial charge in [0.05, 0.1) is 5.02 Å². The van der Waals surface area contributed by atoms with Crippen molar-refractivity contribution in [1.29, 1.82) is 0 Å². The van der Waals surface area contributed by atoms with Crippen molar-refractivity contribution < 1.29 is 18.0 Å². The molecule has 126 valence electrons. The Balaban J connectivity index is 2.12. The first-order chi connectivity index (χ1) is 11.3. The molecule has 0 bridgehead atoms. The molecule has 0 atom stereocenters. The molecule has 0 radical (unpaired) electrons. The summed E-state index contributed by atoms with van der Waals surface area (Å²) in [5, 5.41) is 3.09. The molecular weight excluding hydrogens is 347 g/mol. The van der Waals surface area contributed by atoms with Gasteiger partial charge in [-0.15, -0.1) is 0 Å². The van der Waals surface area contributed by atoms with Crippen LogP contribution in [0.3, 0.4) is 0 Å². The first-order valence-corrected chi connectivity index (χ1v) is 6.89. The molecule has 0 spiro atoms. The van der Waals surface area contributed by atoms with Crippen molar-refractivity contribution in [1.82, 2.24) is 9.97 Å². The number of halogens is 4. The summed E-state index contributed by atoms with van der Waals surface area (Å²) in [7, 11) is 0. The van der Waals surface area contributed by atoms with Crippen molar-refractivity contribution in [2.24, 2.45) is 10.7 Å². The smallest absolute Gasteiger partial charge is 0.383 e. The number of pyridine rings is 2. The molecule has 0 aliphatic rings. The Bertz CT molecular complexity index is 765. The number of aromatic nitrogens is 2. The Morgan fingerprint density at radius 1 is 1.33 bits per heavy atom. The Morgan fingerprint density at radius 3 is 2.58 bits per heavy atom. The van der Waals surface area contributed by atoms with E-state index in [9.17, 15) is 18.0 Å². The fourth-order valence-corrected chi connectivity index (χ4v) is 1.86. The lowest BCUT2D eigenvalue weighted by atomic mass is 10.2. The molecule has 0 saturated carbocycles. The van der Waals surface area contributed by atoms with Gasteiger partial charge in [-0.3, -0.25) is 9.78 Å². The van der Waals surface area contributed by atoms with Crippen LogP contribution in [0.25, 0.3) is 0 Å². The molecular formula is C14H11ClF3N5O. The lowest BCUT2D eigenvalue weighted by Crippen LogP contribution is -2.25. The van der Waals surface area contributed by atoms with Crippen molar-refractivity contribution >= 4 is 29.2 Å². The number of nitrogens with zero attached hydrogens (tertiary/aromatic N) is 3. The largest absolute Gasteiger partial charge is 0.473 e. The van der Waals surface area contributed by atoms with E-state index in [0.717, 1.165) is 5.56 Å². The number of nitrogens with one attached hydrogen (secondary N) is 1. The maximum atomic E-state index is 12.2. The molecule has 3 N–H and O–H groups in total. The van der Waals surface area contributed by atoms with Crippen molar-refractivity contribution in [2.45, 2.75) is 12.7 Å². The highest BCUT2D eigenvalue weighted by Gasteiger charge is 2.38. The van der Waals surface area contributed by atoms with E-state index in [4.69, 9.17) is 17.3 Å². The summed E-state index contributed by atoms with van der Waals surface area (Å²) >= 11 is 6.01. The van der Waals surface area contributed by atoms with Gasteiger partial charge in [0.2, 0.25) is 0 Å². The number of nitrogens with two attached hydrogens (primary N) is 1. The molecule has 1 amide bonds. The fraction of sp³-hybridized carbons (Fsp3) is 0.143. The van der Waals surface area contributed by atoms with Crippen LogP contribution < -0.4 is 11.1 Å². The number of amides is 1. The molecule has 0 saturated heterocycles. The standard InChI is InChI=1S/C14H11ClF3N5O/c15-10-5-9(11(19)23-13(24)14(16,17)18)7-22-12(10)21-6-8-1-3-20-4-2-8/h1-5,7H,6H2,(H,21,22)(H2,19,23,24). The Kier molecular flexibility index (Phi) is 5.35. The summed E-state index contributed by atoms with van der Waals surface area (Å²) in [6.07, 6.45) is -0.662. The topological polar surface area (TPSA) is 93.3 Å². The van der Waals surface area contributed by atoms with E-state index in [1.165, 1.54) is 12.3 Å². The predicted molar refractivity (Wildman–Crippen MR) is 82.6 cm³/mol. The van der Waals surface area contributed by atoms with Gasteiger partial charge in [-0.2, -0.15) is 18.2 Å². The molecule has 2 aromatic rings. The van der Waals surface area contributed by atoms with Crippen LogP contribution in [0.5, 0.6) is 0 Å². The number of carbonyl (C=O) groups excluding carboxylic acids is 1. The Labute approximate surface area is 139 Å². The van der Waals surface area contributed by atoms with Crippen molar-refractivity contribution in [3.05, 3.63) is 52.9 Å². The van der Waals surface area contributed by atoms with Gasteiger partial charge in [0.25, 0.3) is 0 Å². The Hall–Kier alpha value is -2.68. The zero-order chi connectivity index (χ0) is 17.7. The summed E-state index contributed by atoms with van der Waals surface area (Å²) in [6, 6.07) is 4.86. The van der Waals surface area contributed by atoms with Gasteiger partial charge < -0.3 is 11.1 Å². The summed E-state index contributed by atoms with van der Waals surface area (Å²) < 4.78 is 36.5. The molecule has 0 aromatic carbocycles. The lowest BCUT2D eigenvalue weighted by molar-refractivity contribution is -0.169. The fourth-order valence-electron chi connectivity index (χ4n) is 1.63. The average Bonchev–Trinajstić information content (AvgIpc) is 2.53. The number of anilines is 1. The van der Waals surface area contributed by atoms with E-state index in [2.05, 4.69) is 20.3 Å². The third-order valence-electron chi connectivity index (χ3n) is 2.81. The first-order valence-electron chi connectivity index (χ1n) is 6.51. The third-order valence-corrected chi connectivity index (χ3v) is 3.10. The minimum Gasteiger partial charge on any atom is -0.383 e. The van der Waals surface area contributed by atoms with E-state index in [1.54, 1.807) is 24.5 Å². The van der Waals surface area contributed by atoms with Crippen LogP contribution in [0.15, 0.2) is 41.8 Å². The van der Waals surface area contributed by atoms with Crippen LogP contribution in [-0.2, 0) is 11.3 Å². The third kappa shape index (κ3) is 4.66. The van der Waals surface area contributed by atoms with E-state index >= 15 is 0 Å². The van der Waals surface area contributed by atoms with Gasteiger partial charge >= 0.3 is 12.1 Å². The van der Waals surface area contributed by atoms with Gasteiger partial charge in [-0.05, 0) is 23.8 Å². The lowest BCUT2D eigenvalue weighted by Gasteiger charge is -2.09. The highest BCUT2D eigenvalue weighted by molar-refractivity contribution is 6.33. The van der Waals surface area contributed by atoms with Crippen LogP contribution in [0.1, 0.15) is 11.1 Å². The first kappa shape index (κ1) is 17.7. The van der Waals surface area contributed by atoms with Crippen LogP contribution in [0.2, 0.25) is 5.02 Å². The molecule has 24 heavy (non-hydrogen) atoms. The minimum absolute atomic E-state index is 0.00654. The quantitative estimate of drug-likeness (QED) is 0.648. The van der Waals surface area contributed by atoms with Crippen molar-refractivity contribution in [3.8, 4) is 0 Å². The average molecular weight is 358 g/mol. The zero-order valence-electron chi connectivity index (χ0n) is 12.0. The summed E-state index contributed by atoms with van der Waals surface area (Å²) in [5.74, 6) is -2.60. The van der Waals surface area contributed by atoms with Gasteiger partial charge in [-0.1, -0.05) is 11.6 Å². The maximum absolute atomic E-state index is 12.2. The maximum Gasteiger partial charge on any atom is 0.473 e. The molecule has 0 fully saturated rings. The summed E-state index contributed by atoms with van der Waals surface area (Å²) in [6.45, 7) is 0.421. The second-order valence-corrected chi connectivity index (χ2v) is 4.97.